The standard InChI is InChI=1S/C27H27NO7S/c1-16(2)18-6-9-22(10-7-18)36(32,33)28-26(29)23(20-8-11-24-25(14-20)35-15-34-24)13-19-4-5-21(27(30)31)12-17(19)3/h4-12,14,16,23H,13,15H2,1-3H3,(H,28,29)(H,30,31). The highest BCUT2D eigenvalue weighted by atomic mass is 32.2. The van der Waals surface area contributed by atoms with E-state index in [1.807, 2.05) is 13.8 Å². The third kappa shape index (κ3) is 5.36. The number of hydrogen-bond donors (Lipinski definition) is 2. The molecule has 4 rings (SSSR count). The fourth-order valence-corrected chi connectivity index (χ4v) is 5.08. The zero-order valence-electron chi connectivity index (χ0n) is 20.1. The summed E-state index contributed by atoms with van der Waals surface area (Å²) in [5, 5.41) is 9.26. The maximum Gasteiger partial charge on any atom is 0.335 e. The predicted octanol–water partition coefficient (Wildman–Crippen LogP) is 4.38. The molecule has 8 nitrogen and oxygen atoms in total. The summed E-state index contributed by atoms with van der Waals surface area (Å²) in [5.41, 5.74) is 3.06. The van der Waals surface area contributed by atoms with Gasteiger partial charge in [0, 0.05) is 0 Å². The molecule has 0 saturated heterocycles. The average molecular weight is 510 g/mol. The zero-order valence-corrected chi connectivity index (χ0v) is 21.0. The van der Waals surface area contributed by atoms with Crippen LogP contribution in [0.2, 0.25) is 0 Å². The molecule has 1 atom stereocenters. The van der Waals surface area contributed by atoms with Gasteiger partial charge in [-0.2, -0.15) is 0 Å². The molecule has 9 heteroatoms. The third-order valence-corrected chi connectivity index (χ3v) is 7.58. The number of hydrogen-bond acceptors (Lipinski definition) is 6. The number of amides is 1. The van der Waals surface area contributed by atoms with E-state index in [0.29, 0.717) is 22.6 Å². The van der Waals surface area contributed by atoms with Crippen LogP contribution in [0, 0.1) is 6.92 Å². The van der Waals surface area contributed by atoms with Crippen molar-refractivity contribution in [1.82, 2.24) is 4.72 Å². The second-order valence-electron chi connectivity index (χ2n) is 9.01. The van der Waals surface area contributed by atoms with E-state index in [-0.39, 0.29) is 29.6 Å². The number of carboxylic acid groups (broad SMARTS) is 1. The van der Waals surface area contributed by atoms with Crippen LogP contribution in [0.15, 0.2) is 65.6 Å². The van der Waals surface area contributed by atoms with Crippen molar-refractivity contribution >= 4 is 21.9 Å². The first-order valence-electron chi connectivity index (χ1n) is 11.4. The molecule has 1 unspecified atom stereocenters. The highest BCUT2D eigenvalue weighted by Gasteiger charge is 2.28. The number of rotatable bonds is 8. The van der Waals surface area contributed by atoms with Gasteiger partial charge in [0.1, 0.15) is 0 Å². The molecule has 0 spiro atoms. The second-order valence-corrected chi connectivity index (χ2v) is 10.7. The van der Waals surface area contributed by atoms with Gasteiger partial charge in [0.15, 0.2) is 11.5 Å². The largest absolute Gasteiger partial charge is 0.478 e. The van der Waals surface area contributed by atoms with Crippen LogP contribution in [0.4, 0.5) is 0 Å². The maximum absolute atomic E-state index is 13.4. The number of fused-ring (bicyclic) bond motifs is 1. The first-order chi connectivity index (χ1) is 17.0. The maximum atomic E-state index is 13.4. The summed E-state index contributed by atoms with van der Waals surface area (Å²) in [6.07, 6.45) is 0.152. The molecule has 0 aromatic heterocycles. The van der Waals surface area contributed by atoms with Gasteiger partial charge >= 0.3 is 5.97 Å². The van der Waals surface area contributed by atoms with E-state index in [1.54, 1.807) is 43.3 Å². The molecule has 1 aliphatic heterocycles. The van der Waals surface area contributed by atoms with Crippen molar-refractivity contribution < 1.29 is 32.6 Å². The van der Waals surface area contributed by atoms with Crippen LogP contribution in [0.1, 0.15) is 58.3 Å². The molecule has 0 radical (unpaired) electrons. The van der Waals surface area contributed by atoms with Gasteiger partial charge in [-0.05, 0) is 77.9 Å². The van der Waals surface area contributed by atoms with E-state index in [0.717, 1.165) is 11.1 Å². The smallest absolute Gasteiger partial charge is 0.335 e. The van der Waals surface area contributed by atoms with E-state index in [9.17, 15) is 23.1 Å². The SMILES string of the molecule is Cc1cc(C(=O)O)ccc1CC(C(=O)NS(=O)(=O)c1ccc(C(C)C)cc1)c1ccc2c(c1)OCO2. The van der Waals surface area contributed by atoms with E-state index in [4.69, 9.17) is 9.47 Å². The number of carbonyl (C=O) groups excluding carboxylic acids is 1. The summed E-state index contributed by atoms with van der Waals surface area (Å²) in [5.74, 6) is -1.40. The van der Waals surface area contributed by atoms with Crippen molar-refractivity contribution in [3.05, 3.63) is 88.5 Å². The Hall–Kier alpha value is -3.85. The minimum absolute atomic E-state index is 0.00771. The second kappa shape index (κ2) is 10.0. The molecule has 0 fully saturated rings. The molecule has 36 heavy (non-hydrogen) atoms. The molecule has 2 N–H and O–H groups in total. The summed E-state index contributed by atoms with van der Waals surface area (Å²) < 4.78 is 39.1. The van der Waals surface area contributed by atoms with E-state index in [1.165, 1.54) is 24.3 Å². The quantitative estimate of drug-likeness (QED) is 0.463. The van der Waals surface area contributed by atoms with Gasteiger partial charge in [0.25, 0.3) is 10.0 Å². The summed E-state index contributed by atoms with van der Waals surface area (Å²) in [6, 6.07) is 16.1. The Morgan fingerprint density at radius 3 is 2.25 bits per heavy atom. The zero-order chi connectivity index (χ0) is 26.0. The first kappa shape index (κ1) is 25.2. The van der Waals surface area contributed by atoms with Crippen LogP contribution in [0.5, 0.6) is 11.5 Å². The van der Waals surface area contributed by atoms with Gasteiger partial charge in [-0.1, -0.05) is 38.1 Å². The lowest BCUT2D eigenvalue weighted by Crippen LogP contribution is -2.35. The molecule has 3 aromatic rings. The fraction of sp³-hybridized carbons (Fsp3) is 0.259. The Labute approximate surface area is 209 Å². The van der Waals surface area contributed by atoms with Crippen LogP contribution in [-0.2, 0) is 21.2 Å². The number of nitrogens with one attached hydrogen (secondary N) is 1. The molecule has 0 saturated carbocycles. The molecule has 0 aliphatic carbocycles. The van der Waals surface area contributed by atoms with Gasteiger partial charge in [-0.25, -0.2) is 17.9 Å². The molecule has 1 heterocycles. The van der Waals surface area contributed by atoms with Crippen LogP contribution in [-0.4, -0.2) is 32.2 Å². The highest BCUT2D eigenvalue weighted by Crippen LogP contribution is 2.36. The summed E-state index contributed by atoms with van der Waals surface area (Å²) in [6.45, 7) is 5.83. The lowest BCUT2D eigenvalue weighted by Gasteiger charge is -2.19. The topological polar surface area (TPSA) is 119 Å². The molecule has 0 bridgehead atoms. The van der Waals surface area contributed by atoms with Crippen LogP contribution in [0.25, 0.3) is 0 Å². The van der Waals surface area contributed by atoms with Gasteiger partial charge < -0.3 is 14.6 Å². The predicted molar refractivity (Wildman–Crippen MR) is 133 cm³/mol. The number of aryl methyl sites for hydroxylation is 1. The van der Waals surface area contributed by atoms with E-state index in [2.05, 4.69) is 4.72 Å². The number of ether oxygens (including phenoxy) is 2. The summed E-state index contributed by atoms with van der Waals surface area (Å²) in [7, 11) is -4.12. The Balaban J connectivity index is 1.66. The van der Waals surface area contributed by atoms with Gasteiger partial charge in [0.2, 0.25) is 12.7 Å². The van der Waals surface area contributed by atoms with E-state index >= 15 is 0 Å². The minimum Gasteiger partial charge on any atom is -0.478 e. The van der Waals surface area contributed by atoms with Crippen molar-refractivity contribution in [1.29, 1.82) is 0 Å². The monoisotopic (exact) mass is 509 g/mol. The van der Waals surface area contributed by atoms with Crippen molar-refractivity contribution in [2.75, 3.05) is 6.79 Å². The lowest BCUT2D eigenvalue weighted by molar-refractivity contribution is -0.120. The Morgan fingerprint density at radius 1 is 0.944 bits per heavy atom. The van der Waals surface area contributed by atoms with Gasteiger partial charge in [0.05, 0.1) is 16.4 Å². The van der Waals surface area contributed by atoms with Crippen LogP contribution >= 0.6 is 0 Å². The van der Waals surface area contributed by atoms with Crippen molar-refractivity contribution in [3.63, 3.8) is 0 Å². The van der Waals surface area contributed by atoms with Crippen LogP contribution in [0.3, 0.4) is 0 Å². The third-order valence-electron chi connectivity index (χ3n) is 6.22. The summed E-state index contributed by atoms with van der Waals surface area (Å²) in [4.78, 5) is 24.8. The number of carboxylic acids is 1. The molecule has 1 aliphatic rings. The van der Waals surface area contributed by atoms with Crippen LogP contribution < -0.4 is 14.2 Å². The molecule has 188 valence electrons. The van der Waals surface area contributed by atoms with Crippen molar-refractivity contribution in [3.8, 4) is 11.5 Å². The van der Waals surface area contributed by atoms with Crippen molar-refractivity contribution in [2.24, 2.45) is 0 Å². The lowest BCUT2D eigenvalue weighted by atomic mass is 9.89. The van der Waals surface area contributed by atoms with Gasteiger partial charge in [-0.3, -0.25) is 4.79 Å². The molecular weight excluding hydrogens is 482 g/mol. The minimum atomic E-state index is -4.12. The number of carbonyl (C=O) groups is 2. The Morgan fingerprint density at radius 2 is 1.61 bits per heavy atom. The fourth-order valence-electron chi connectivity index (χ4n) is 4.06. The first-order valence-corrected chi connectivity index (χ1v) is 12.9. The number of sulfonamides is 1. The number of aromatic carboxylic acids is 1. The molecule has 1 amide bonds. The normalized spacial score (nSPS) is 13.4. The van der Waals surface area contributed by atoms with Gasteiger partial charge in [-0.15, -0.1) is 0 Å². The summed E-state index contributed by atoms with van der Waals surface area (Å²) >= 11 is 0. The number of benzene rings is 3. The Bertz CT molecular complexity index is 1410. The molecule has 3 aromatic carbocycles. The van der Waals surface area contributed by atoms with Crippen molar-refractivity contribution in [2.45, 2.75) is 43.9 Å². The molecular formula is C27H27NO7S. The Kier molecular flexibility index (Phi) is 7.03. The highest BCUT2D eigenvalue weighted by molar-refractivity contribution is 7.90. The average Bonchev–Trinajstić information content (AvgIpc) is 3.30. The van der Waals surface area contributed by atoms with E-state index < -0.39 is 27.8 Å².